The van der Waals surface area contributed by atoms with E-state index in [0.29, 0.717) is 40.8 Å². The summed E-state index contributed by atoms with van der Waals surface area (Å²) in [4.78, 5) is 22.8. The van der Waals surface area contributed by atoms with E-state index in [-0.39, 0.29) is 11.7 Å². The third-order valence-corrected chi connectivity index (χ3v) is 7.09. The number of rotatable bonds is 5. The van der Waals surface area contributed by atoms with Gasteiger partial charge < -0.3 is 4.90 Å². The van der Waals surface area contributed by atoms with Gasteiger partial charge in [0.2, 0.25) is 0 Å². The maximum atomic E-state index is 13.8. The van der Waals surface area contributed by atoms with Crippen molar-refractivity contribution in [1.82, 2.24) is 24.4 Å². The van der Waals surface area contributed by atoms with Crippen molar-refractivity contribution < 1.29 is 9.18 Å². The molecule has 6 nitrogen and oxygen atoms in total. The highest BCUT2D eigenvalue weighted by atomic mass is 35.5. The zero-order valence-electron chi connectivity index (χ0n) is 20.6. The molecule has 1 saturated heterocycles. The molecule has 8 heteroatoms. The number of halogens is 2. The van der Waals surface area contributed by atoms with Gasteiger partial charge in [0, 0.05) is 54.9 Å². The van der Waals surface area contributed by atoms with Crippen molar-refractivity contribution in [3.8, 4) is 22.5 Å². The summed E-state index contributed by atoms with van der Waals surface area (Å²) in [6, 6.07) is 27.5. The number of carbonyl (C=O) groups is 1. The number of carbonyl (C=O) groups excluding carboxylic acids is 1. The quantitative estimate of drug-likeness (QED) is 0.290. The molecule has 1 fully saturated rings. The highest BCUT2D eigenvalue weighted by molar-refractivity contribution is 6.30. The Balaban J connectivity index is 1.32. The van der Waals surface area contributed by atoms with Gasteiger partial charge in [-0.1, -0.05) is 54.1 Å². The molecule has 1 amide bonds. The van der Waals surface area contributed by atoms with E-state index < -0.39 is 0 Å². The topological polar surface area (TPSA) is 53.7 Å². The van der Waals surface area contributed by atoms with Crippen LogP contribution in [0.25, 0.3) is 28.2 Å². The van der Waals surface area contributed by atoms with Crippen LogP contribution in [0, 0.1) is 5.82 Å². The first-order valence-corrected chi connectivity index (χ1v) is 12.9. The molecule has 3 heterocycles. The molecule has 0 radical (unpaired) electrons. The lowest BCUT2D eigenvalue weighted by Gasteiger charge is -2.34. The summed E-state index contributed by atoms with van der Waals surface area (Å²) in [5.41, 5.74) is 5.10. The van der Waals surface area contributed by atoms with Crippen LogP contribution in [0.4, 0.5) is 4.39 Å². The van der Waals surface area contributed by atoms with Gasteiger partial charge >= 0.3 is 0 Å². The molecule has 38 heavy (non-hydrogen) atoms. The predicted octanol–water partition coefficient (Wildman–Crippen LogP) is 5.81. The predicted molar refractivity (Wildman–Crippen MR) is 146 cm³/mol. The fourth-order valence-corrected chi connectivity index (χ4v) is 4.90. The number of aromatic nitrogens is 3. The number of fused-ring (bicyclic) bond motifs is 1. The molecular weight excluding hydrogens is 501 g/mol. The molecule has 0 saturated carbocycles. The van der Waals surface area contributed by atoms with Gasteiger partial charge in [-0.2, -0.15) is 5.10 Å². The van der Waals surface area contributed by atoms with Crippen molar-refractivity contribution >= 4 is 23.2 Å². The van der Waals surface area contributed by atoms with E-state index >= 15 is 0 Å². The van der Waals surface area contributed by atoms with E-state index in [0.717, 1.165) is 30.8 Å². The van der Waals surface area contributed by atoms with Crippen LogP contribution < -0.4 is 0 Å². The molecule has 0 atom stereocenters. The van der Waals surface area contributed by atoms with Crippen LogP contribution in [0.1, 0.15) is 16.1 Å². The second kappa shape index (κ2) is 10.4. The lowest BCUT2D eigenvalue weighted by molar-refractivity contribution is 0.0620. The lowest BCUT2D eigenvalue weighted by atomic mass is 10.1. The van der Waals surface area contributed by atoms with Crippen molar-refractivity contribution in [2.45, 2.75) is 6.54 Å². The normalized spacial score (nSPS) is 14.2. The van der Waals surface area contributed by atoms with E-state index in [9.17, 15) is 9.18 Å². The third kappa shape index (κ3) is 5.03. The largest absolute Gasteiger partial charge is 0.335 e. The molecule has 6 rings (SSSR count). The van der Waals surface area contributed by atoms with E-state index in [1.54, 1.807) is 34.8 Å². The van der Waals surface area contributed by atoms with Crippen LogP contribution >= 0.6 is 11.6 Å². The van der Waals surface area contributed by atoms with Crippen LogP contribution in [0.3, 0.4) is 0 Å². The van der Waals surface area contributed by atoms with Gasteiger partial charge in [-0.3, -0.25) is 9.69 Å². The molecule has 2 aromatic heterocycles. The monoisotopic (exact) mass is 525 g/mol. The Hall–Kier alpha value is -4.07. The molecular formula is C30H25ClFN5O. The van der Waals surface area contributed by atoms with Crippen molar-refractivity contribution in [2.24, 2.45) is 0 Å². The maximum Gasteiger partial charge on any atom is 0.272 e. The summed E-state index contributed by atoms with van der Waals surface area (Å²) in [5, 5.41) is 5.38. The van der Waals surface area contributed by atoms with Gasteiger partial charge in [0.1, 0.15) is 11.5 Å². The molecule has 0 aliphatic carbocycles. The fraction of sp³-hybridized carbons (Fsp3) is 0.167. The van der Waals surface area contributed by atoms with Gasteiger partial charge in [0.25, 0.3) is 5.91 Å². The van der Waals surface area contributed by atoms with E-state index in [4.69, 9.17) is 21.7 Å². The Kier molecular flexibility index (Phi) is 6.62. The number of piperazine rings is 1. The number of amides is 1. The average Bonchev–Trinajstić information content (AvgIpc) is 3.38. The highest BCUT2D eigenvalue weighted by Gasteiger charge is 2.26. The first-order valence-electron chi connectivity index (χ1n) is 12.5. The van der Waals surface area contributed by atoms with Crippen LogP contribution in [0.5, 0.6) is 0 Å². The number of hydrogen-bond donors (Lipinski definition) is 0. The molecule has 0 bridgehead atoms. The van der Waals surface area contributed by atoms with Gasteiger partial charge in [-0.05, 0) is 48.0 Å². The lowest BCUT2D eigenvalue weighted by Crippen LogP contribution is -2.48. The smallest absolute Gasteiger partial charge is 0.272 e. The van der Waals surface area contributed by atoms with Crippen molar-refractivity contribution in [3.05, 3.63) is 113 Å². The summed E-state index contributed by atoms with van der Waals surface area (Å²) in [7, 11) is 0. The van der Waals surface area contributed by atoms with Crippen LogP contribution in [0.15, 0.2) is 91.0 Å². The zero-order valence-corrected chi connectivity index (χ0v) is 21.4. The molecule has 1 aliphatic heterocycles. The van der Waals surface area contributed by atoms with Crippen molar-refractivity contribution in [1.29, 1.82) is 0 Å². The Bertz CT molecular complexity index is 1580. The highest BCUT2D eigenvalue weighted by Crippen LogP contribution is 2.26. The second-order valence-corrected chi connectivity index (χ2v) is 9.83. The molecule has 3 aromatic carbocycles. The minimum atomic E-state index is -0.325. The van der Waals surface area contributed by atoms with Crippen LogP contribution in [0.2, 0.25) is 5.02 Å². The Morgan fingerprint density at radius 2 is 1.47 bits per heavy atom. The number of hydrogen-bond acceptors (Lipinski definition) is 4. The molecule has 0 unspecified atom stereocenters. The minimum absolute atomic E-state index is 0.106. The molecule has 1 aliphatic rings. The fourth-order valence-electron chi connectivity index (χ4n) is 4.77. The third-order valence-electron chi connectivity index (χ3n) is 6.83. The van der Waals surface area contributed by atoms with Crippen LogP contribution in [-0.4, -0.2) is 56.5 Å². The zero-order chi connectivity index (χ0) is 26.1. The summed E-state index contributed by atoms with van der Waals surface area (Å²) in [6.45, 7) is 3.67. The average molecular weight is 526 g/mol. The first-order chi connectivity index (χ1) is 18.5. The first kappa shape index (κ1) is 24.3. The number of benzene rings is 3. The van der Waals surface area contributed by atoms with E-state index in [1.165, 1.54) is 17.7 Å². The van der Waals surface area contributed by atoms with Crippen molar-refractivity contribution in [2.75, 3.05) is 26.2 Å². The number of nitrogens with zero attached hydrogens (tertiary/aromatic N) is 5. The molecule has 190 valence electrons. The Labute approximate surface area is 224 Å². The summed E-state index contributed by atoms with van der Waals surface area (Å²) in [5.74, 6) is -0.431. The minimum Gasteiger partial charge on any atom is -0.335 e. The second-order valence-electron chi connectivity index (χ2n) is 9.39. The molecule has 0 N–H and O–H groups in total. The van der Waals surface area contributed by atoms with E-state index in [2.05, 4.69) is 17.0 Å². The standard InChI is InChI=1S/C30H25ClFN5O/c31-24-10-6-23(7-11-24)27-19-29-33-26(22-8-12-25(32)13-9-22)18-28(37(29)34-27)30(38)36-16-14-35(15-17-36)20-21-4-2-1-3-5-21/h1-13,18-19H,14-17,20H2. The van der Waals surface area contributed by atoms with Gasteiger partial charge in [0.15, 0.2) is 5.65 Å². The van der Waals surface area contributed by atoms with Crippen LogP contribution in [-0.2, 0) is 6.54 Å². The van der Waals surface area contributed by atoms with Crippen molar-refractivity contribution in [3.63, 3.8) is 0 Å². The Morgan fingerprint density at radius 3 is 2.18 bits per heavy atom. The SMILES string of the molecule is O=C(c1cc(-c2ccc(F)cc2)nc2cc(-c3ccc(Cl)cc3)nn12)N1CCN(Cc2ccccc2)CC1. The van der Waals surface area contributed by atoms with Gasteiger partial charge in [-0.25, -0.2) is 13.9 Å². The van der Waals surface area contributed by atoms with Gasteiger partial charge in [0.05, 0.1) is 11.4 Å². The molecule has 0 spiro atoms. The summed E-state index contributed by atoms with van der Waals surface area (Å²) < 4.78 is 15.2. The summed E-state index contributed by atoms with van der Waals surface area (Å²) >= 11 is 6.07. The maximum absolute atomic E-state index is 13.8. The van der Waals surface area contributed by atoms with Gasteiger partial charge in [-0.15, -0.1) is 0 Å². The molecule has 5 aromatic rings. The summed E-state index contributed by atoms with van der Waals surface area (Å²) in [6.07, 6.45) is 0. The van der Waals surface area contributed by atoms with E-state index in [1.807, 2.05) is 41.3 Å². The Morgan fingerprint density at radius 1 is 0.816 bits per heavy atom.